The summed E-state index contributed by atoms with van der Waals surface area (Å²) >= 11 is 0. The third-order valence-electron chi connectivity index (χ3n) is 3.83. The van der Waals surface area contributed by atoms with Crippen LogP contribution in [0.1, 0.15) is 33.6 Å². The summed E-state index contributed by atoms with van der Waals surface area (Å²) in [5, 5.41) is 9.39. The molecule has 92 valence electrons. The van der Waals surface area contributed by atoms with Crippen molar-refractivity contribution >= 4 is 5.97 Å². The van der Waals surface area contributed by atoms with Crippen LogP contribution in [0.25, 0.3) is 0 Å². The lowest BCUT2D eigenvalue weighted by Gasteiger charge is -2.38. The summed E-state index contributed by atoms with van der Waals surface area (Å²) in [6.07, 6.45) is 6.10. The first-order valence-electron chi connectivity index (χ1n) is 6.14. The van der Waals surface area contributed by atoms with Crippen molar-refractivity contribution in [2.45, 2.75) is 33.6 Å². The third kappa shape index (κ3) is 1.97. The highest BCUT2D eigenvalue weighted by Gasteiger charge is 2.43. The number of hydrogen-bond acceptors (Lipinski definition) is 1. The molecule has 2 heteroatoms. The van der Waals surface area contributed by atoms with Gasteiger partial charge in [-0.25, -0.2) is 4.79 Å². The van der Waals surface area contributed by atoms with Gasteiger partial charge in [-0.1, -0.05) is 50.6 Å². The second kappa shape index (κ2) is 3.86. The number of carbonyl (C=O) groups is 1. The summed E-state index contributed by atoms with van der Waals surface area (Å²) in [4.78, 5) is 11.4. The monoisotopic (exact) mass is 232 g/mol. The largest absolute Gasteiger partial charge is 0.478 e. The molecule has 0 saturated heterocycles. The van der Waals surface area contributed by atoms with Gasteiger partial charge >= 0.3 is 5.97 Å². The van der Waals surface area contributed by atoms with Crippen molar-refractivity contribution in [3.05, 3.63) is 35.5 Å². The fourth-order valence-corrected chi connectivity index (χ4v) is 3.07. The lowest BCUT2D eigenvalue weighted by molar-refractivity contribution is -0.133. The molecular weight excluding hydrogens is 212 g/mol. The van der Waals surface area contributed by atoms with Gasteiger partial charge in [0.1, 0.15) is 0 Å². The molecule has 0 aliphatic heterocycles. The Morgan fingerprint density at radius 1 is 1.47 bits per heavy atom. The van der Waals surface area contributed by atoms with E-state index in [1.54, 1.807) is 0 Å². The van der Waals surface area contributed by atoms with Crippen LogP contribution < -0.4 is 0 Å². The first kappa shape index (κ1) is 12.2. The summed E-state index contributed by atoms with van der Waals surface area (Å²) in [6.45, 7) is 9.72. The molecule has 2 atom stereocenters. The van der Waals surface area contributed by atoms with Crippen LogP contribution >= 0.6 is 0 Å². The van der Waals surface area contributed by atoms with Crippen LogP contribution in [0.5, 0.6) is 0 Å². The molecule has 1 N–H and O–H groups in total. The minimum absolute atomic E-state index is 0.281. The second-order valence-electron chi connectivity index (χ2n) is 6.10. The molecule has 0 spiro atoms. The first-order valence-corrected chi connectivity index (χ1v) is 6.14. The van der Waals surface area contributed by atoms with E-state index in [1.165, 1.54) is 5.57 Å². The zero-order valence-corrected chi connectivity index (χ0v) is 10.8. The average Bonchev–Trinajstić information content (AvgIpc) is 2.49. The number of rotatable bonds is 2. The molecule has 0 unspecified atom stereocenters. The van der Waals surface area contributed by atoms with Crippen molar-refractivity contribution < 1.29 is 9.90 Å². The molecule has 0 aromatic heterocycles. The van der Waals surface area contributed by atoms with E-state index in [-0.39, 0.29) is 5.41 Å². The van der Waals surface area contributed by atoms with Crippen molar-refractivity contribution in [1.82, 2.24) is 0 Å². The van der Waals surface area contributed by atoms with Gasteiger partial charge in [-0.05, 0) is 24.2 Å². The van der Waals surface area contributed by atoms with Gasteiger partial charge < -0.3 is 5.11 Å². The van der Waals surface area contributed by atoms with E-state index < -0.39 is 5.97 Å². The predicted molar refractivity (Wildman–Crippen MR) is 68.6 cm³/mol. The molecule has 0 heterocycles. The Balaban J connectivity index is 2.37. The Morgan fingerprint density at radius 3 is 2.59 bits per heavy atom. The molecule has 1 saturated carbocycles. The number of carboxylic acids is 1. The van der Waals surface area contributed by atoms with Crippen molar-refractivity contribution in [2.24, 2.45) is 17.3 Å². The van der Waals surface area contributed by atoms with E-state index in [9.17, 15) is 9.90 Å². The minimum atomic E-state index is -0.758. The maximum absolute atomic E-state index is 11.4. The highest BCUT2D eigenvalue weighted by atomic mass is 16.4. The van der Waals surface area contributed by atoms with Crippen LogP contribution in [-0.4, -0.2) is 11.1 Å². The molecule has 0 aromatic rings. The Bertz CT molecular complexity index is 432. The number of allylic oxidation sites excluding steroid dienone is 4. The molecule has 2 aliphatic rings. The van der Waals surface area contributed by atoms with Gasteiger partial charge in [-0.2, -0.15) is 0 Å². The van der Waals surface area contributed by atoms with E-state index in [0.29, 0.717) is 17.4 Å². The summed E-state index contributed by atoms with van der Waals surface area (Å²) in [5.41, 5.74) is 2.73. The number of aliphatic carboxylic acids is 1. The van der Waals surface area contributed by atoms with E-state index in [2.05, 4.69) is 12.7 Å². The Kier molecular flexibility index (Phi) is 2.76. The topological polar surface area (TPSA) is 37.3 Å². The Morgan fingerprint density at radius 2 is 2.12 bits per heavy atom. The van der Waals surface area contributed by atoms with Crippen LogP contribution in [0.2, 0.25) is 0 Å². The fraction of sp³-hybridized carbons (Fsp3) is 0.533. The molecule has 2 rings (SSSR count). The van der Waals surface area contributed by atoms with E-state index in [1.807, 2.05) is 26.8 Å². The molecule has 2 aliphatic carbocycles. The zero-order chi connectivity index (χ0) is 12.8. The van der Waals surface area contributed by atoms with Crippen LogP contribution in [-0.2, 0) is 4.79 Å². The minimum Gasteiger partial charge on any atom is -0.478 e. The van der Waals surface area contributed by atoms with Gasteiger partial charge in [-0.15, -0.1) is 0 Å². The van der Waals surface area contributed by atoms with Gasteiger partial charge in [0, 0.05) is 11.5 Å². The quantitative estimate of drug-likeness (QED) is 0.739. The SMILES string of the molecule is C=CC1=C[C@H]2C(=C(C(=O)O)C(C)(C)C)C[C@H]2C1. The van der Waals surface area contributed by atoms with Crippen molar-refractivity contribution in [2.75, 3.05) is 0 Å². The standard InChI is InChI=1S/C15H20O2/c1-5-9-6-10-8-12(11(10)7-9)13(14(16)17)15(2,3)4/h5,7,10-11H,1,6,8H2,2-4H3,(H,16,17)/t10-,11-/m1/s1. The summed E-state index contributed by atoms with van der Waals surface area (Å²) in [7, 11) is 0. The second-order valence-corrected chi connectivity index (χ2v) is 6.10. The maximum Gasteiger partial charge on any atom is 0.332 e. The van der Waals surface area contributed by atoms with Crippen LogP contribution in [0.15, 0.2) is 35.5 Å². The maximum atomic E-state index is 11.4. The molecule has 0 amide bonds. The molecule has 17 heavy (non-hydrogen) atoms. The Hall–Kier alpha value is -1.31. The van der Waals surface area contributed by atoms with Gasteiger partial charge in [-0.3, -0.25) is 0 Å². The number of hydrogen-bond donors (Lipinski definition) is 1. The normalized spacial score (nSPS) is 30.2. The van der Waals surface area contributed by atoms with Crippen molar-refractivity contribution in [1.29, 1.82) is 0 Å². The molecule has 0 bridgehead atoms. The third-order valence-corrected chi connectivity index (χ3v) is 3.83. The van der Waals surface area contributed by atoms with Gasteiger partial charge in [0.25, 0.3) is 0 Å². The van der Waals surface area contributed by atoms with Crippen LogP contribution in [0.3, 0.4) is 0 Å². The fourth-order valence-electron chi connectivity index (χ4n) is 3.07. The lowest BCUT2D eigenvalue weighted by Crippen LogP contribution is -2.31. The van der Waals surface area contributed by atoms with Gasteiger partial charge in [0.2, 0.25) is 0 Å². The number of carboxylic acid groups (broad SMARTS) is 1. The average molecular weight is 232 g/mol. The Labute approximate surface area is 103 Å². The van der Waals surface area contributed by atoms with Gasteiger partial charge in [0.05, 0.1) is 0 Å². The van der Waals surface area contributed by atoms with Crippen LogP contribution in [0, 0.1) is 17.3 Å². The summed E-state index contributed by atoms with van der Waals surface area (Å²) < 4.78 is 0. The van der Waals surface area contributed by atoms with Crippen molar-refractivity contribution in [3.63, 3.8) is 0 Å². The molecule has 1 fully saturated rings. The van der Waals surface area contributed by atoms with E-state index >= 15 is 0 Å². The summed E-state index contributed by atoms with van der Waals surface area (Å²) in [6, 6.07) is 0. The molecule has 0 aromatic carbocycles. The lowest BCUT2D eigenvalue weighted by atomic mass is 9.65. The van der Waals surface area contributed by atoms with Crippen molar-refractivity contribution in [3.8, 4) is 0 Å². The molecule has 2 nitrogen and oxygen atoms in total. The van der Waals surface area contributed by atoms with Gasteiger partial charge in [0.15, 0.2) is 0 Å². The molecule has 0 radical (unpaired) electrons. The molecular formula is C15H20O2. The number of fused-ring (bicyclic) bond motifs is 1. The first-order chi connectivity index (χ1) is 7.84. The van der Waals surface area contributed by atoms with E-state index in [0.717, 1.165) is 18.4 Å². The van der Waals surface area contributed by atoms with Crippen LogP contribution in [0.4, 0.5) is 0 Å². The van der Waals surface area contributed by atoms with E-state index in [4.69, 9.17) is 0 Å². The smallest absolute Gasteiger partial charge is 0.332 e. The predicted octanol–water partition coefficient (Wildman–Crippen LogP) is 3.57. The highest BCUT2D eigenvalue weighted by Crippen LogP contribution is 2.52. The zero-order valence-electron chi connectivity index (χ0n) is 10.8. The highest BCUT2D eigenvalue weighted by molar-refractivity contribution is 5.89. The summed E-state index contributed by atoms with van der Waals surface area (Å²) in [5.74, 6) is 0.217.